The monoisotopic (exact) mass is 270 g/mol. The van der Waals surface area contributed by atoms with E-state index in [9.17, 15) is 0 Å². The lowest BCUT2D eigenvalue weighted by atomic mass is 9.87. The van der Waals surface area contributed by atoms with Crippen molar-refractivity contribution >= 4 is 0 Å². The molecule has 116 valence electrons. The lowest BCUT2D eigenvalue weighted by Gasteiger charge is -2.30. The maximum absolute atomic E-state index is 2.61. The summed E-state index contributed by atoms with van der Waals surface area (Å²) in [5.74, 6) is 2.04. The van der Waals surface area contributed by atoms with Gasteiger partial charge in [0.05, 0.1) is 0 Å². The van der Waals surface area contributed by atoms with Gasteiger partial charge in [0.2, 0.25) is 0 Å². The van der Waals surface area contributed by atoms with E-state index in [0.29, 0.717) is 0 Å². The average Bonchev–Trinajstić information content (AvgIpc) is 2.93. The van der Waals surface area contributed by atoms with E-state index < -0.39 is 0 Å². The summed E-state index contributed by atoms with van der Waals surface area (Å²) in [5, 5.41) is 0. The van der Waals surface area contributed by atoms with E-state index in [2.05, 4.69) is 23.8 Å². The third kappa shape index (κ3) is 7.31. The molecule has 0 aromatic carbocycles. The summed E-state index contributed by atoms with van der Waals surface area (Å²) in [6.45, 7) is 16.9. The molecule has 2 nitrogen and oxygen atoms in total. The summed E-state index contributed by atoms with van der Waals surface area (Å²) in [6.07, 6.45) is 5.85. The summed E-state index contributed by atoms with van der Waals surface area (Å²) in [7, 11) is 2.25. The first-order chi connectivity index (χ1) is 9.28. The van der Waals surface area contributed by atoms with Gasteiger partial charge in [-0.3, -0.25) is 0 Å². The maximum Gasteiger partial charge on any atom is 0.00101 e. The largest absolute Gasteiger partial charge is 0.306 e. The van der Waals surface area contributed by atoms with Gasteiger partial charge >= 0.3 is 0 Å². The molecular formula is C17H38N2. The Bertz CT molecular complexity index is 186. The molecule has 2 heteroatoms. The second kappa shape index (κ2) is 11.7. The maximum atomic E-state index is 2.61. The normalized spacial score (nSPS) is 25.3. The summed E-state index contributed by atoms with van der Waals surface area (Å²) in [6, 6.07) is 0. The molecule has 0 aromatic heterocycles. The Kier molecular flexibility index (Phi) is 11.7. The molecule has 0 N–H and O–H groups in total. The van der Waals surface area contributed by atoms with Crippen molar-refractivity contribution in [3.8, 4) is 0 Å². The van der Waals surface area contributed by atoms with E-state index in [1.807, 2.05) is 27.7 Å². The lowest BCUT2D eigenvalue weighted by molar-refractivity contribution is 0.194. The van der Waals surface area contributed by atoms with E-state index in [-0.39, 0.29) is 0 Å². The molecule has 2 saturated heterocycles. The molecule has 2 aliphatic heterocycles. The van der Waals surface area contributed by atoms with Crippen molar-refractivity contribution in [3.05, 3.63) is 0 Å². The minimum atomic E-state index is 1.01. The van der Waals surface area contributed by atoms with Crippen LogP contribution in [0.4, 0.5) is 0 Å². The quantitative estimate of drug-likeness (QED) is 0.761. The van der Waals surface area contributed by atoms with Crippen molar-refractivity contribution in [2.45, 2.75) is 60.3 Å². The van der Waals surface area contributed by atoms with Crippen molar-refractivity contribution in [3.63, 3.8) is 0 Å². The number of nitrogens with zero attached hydrogens (tertiary/aromatic N) is 2. The minimum Gasteiger partial charge on any atom is -0.306 e. The van der Waals surface area contributed by atoms with E-state index in [0.717, 1.165) is 11.8 Å². The van der Waals surface area contributed by atoms with E-state index in [1.54, 1.807) is 0 Å². The fourth-order valence-electron chi connectivity index (χ4n) is 3.16. The van der Waals surface area contributed by atoms with Crippen LogP contribution in [-0.4, -0.2) is 49.6 Å². The molecule has 2 rings (SSSR count). The standard InChI is InChI=1S/C13H26N2.2C2H6/c1-3-15-9-6-13(11-15)10-12-4-7-14(2)8-5-12;2*1-2/h12-13H,3-11H2,1-2H3;2*1-2H3. The molecule has 19 heavy (non-hydrogen) atoms. The van der Waals surface area contributed by atoms with Gasteiger partial charge in [-0.1, -0.05) is 34.6 Å². The van der Waals surface area contributed by atoms with Gasteiger partial charge in [0.1, 0.15) is 0 Å². The molecule has 0 spiro atoms. The van der Waals surface area contributed by atoms with Crippen LogP contribution in [-0.2, 0) is 0 Å². The molecule has 0 saturated carbocycles. The van der Waals surface area contributed by atoms with Crippen LogP contribution in [0, 0.1) is 11.8 Å². The highest BCUT2D eigenvalue weighted by molar-refractivity contribution is 4.79. The summed E-state index contributed by atoms with van der Waals surface area (Å²) in [4.78, 5) is 5.09. The second-order valence-corrected chi connectivity index (χ2v) is 5.53. The molecule has 2 heterocycles. The highest BCUT2D eigenvalue weighted by Crippen LogP contribution is 2.28. The molecule has 0 amide bonds. The highest BCUT2D eigenvalue weighted by Gasteiger charge is 2.25. The molecule has 0 radical (unpaired) electrons. The third-order valence-electron chi connectivity index (χ3n) is 4.32. The van der Waals surface area contributed by atoms with Gasteiger partial charge in [-0.15, -0.1) is 0 Å². The Morgan fingerprint density at radius 1 is 0.842 bits per heavy atom. The predicted molar refractivity (Wildman–Crippen MR) is 87.8 cm³/mol. The van der Waals surface area contributed by atoms with E-state index >= 15 is 0 Å². The molecular weight excluding hydrogens is 232 g/mol. The topological polar surface area (TPSA) is 6.48 Å². The zero-order valence-electron chi connectivity index (χ0n) is 14.4. The Morgan fingerprint density at radius 2 is 1.37 bits per heavy atom. The average molecular weight is 271 g/mol. The first-order valence-corrected chi connectivity index (χ1v) is 8.68. The van der Waals surface area contributed by atoms with Crippen molar-refractivity contribution in [2.75, 3.05) is 39.8 Å². The summed E-state index contributed by atoms with van der Waals surface area (Å²) < 4.78 is 0. The number of rotatable bonds is 3. The molecule has 2 fully saturated rings. The zero-order valence-corrected chi connectivity index (χ0v) is 14.4. The van der Waals surface area contributed by atoms with Crippen LogP contribution in [0.25, 0.3) is 0 Å². The van der Waals surface area contributed by atoms with Crippen molar-refractivity contribution < 1.29 is 0 Å². The molecule has 2 aliphatic rings. The smallest absolute Gasteiger partial charge is 0.00101 e. The predicted octanol–water partition coefficient (Wildman–Crippen LogP) is 4.11. The van der Waals surface area contributed by atoms with E-state index in [4.69, 9.17) is 0 Å². The fraction of sp³-hybridized carbons (Fsp3) is 1.00. The Balaban J connectivity index is 0.000000741. The van der Waals surface area contributed by atoms with Crippen LogP contribution in [0.5, 0.6) is 0 Å². The van der Waals surface area contributed by atoms with Crippen LogP contribution in [0.15, 0.2) is 0 Å². The highest BCUT2D eigenvalue weighted by atomic mass is 15.1. The van der Waals surface area contributed by atoms with Crippen LogP contribution >= 0.6 is 0 Å². The number of likely N-dealkylation sites (tertiary alicyclic amines) is 2. The van der Waals surface area contributed by atoms with Gasteiger partial charge < -0.3 is 9.80 Å². The van der Waals surface area contributed by atoms with Crippen molar-refractivity contribution in [1.82, 2.24) is 9.80 Å². The van der Waals surface area contributed by atoms with Crippen molar-refractivity contribution in [1.29, 1.82) is 0 Å². The van der Waals surface area contributed by atoms with Gasteiger partial charge in [-0.05, 0) is 70.7 Å². The first kappa shape index (κ1) is 18.9. The number of hydrogen-bond acceptors (Lipinski definition) is 2. The summed E-state index contributed by atoms with van der Waals surface area (Å²) in [5.41, 5.74) is 0. The van der Waals surface area contributed by atoms with Crippen LogP contribution in [0.2, 0.25) is 0 Å². The minimum absolute atomic E-state index is 1.01. The Labute approximate surface area is 122 Å². The van der Waals surface area contributed by atoms with E-state index in [1.165, 1.54) is 58.4 Å². The van der Waals surface area contributed by atoms with Gasteiger partial charge in [0.15, 0.2) is 0 Å². The summed E-state index contributed by atoms with van der Waals surface area (Å²) >= 11 is 0. The van der Waals surface area contributed by atoms with Crippen LogP contribution in [0.1, 0.15) is 60.3 Å². The fourth-order valence-corrected chi connectivity index (χ4v) is 3.16. The van der Waals surface area contributed by atoms with Crippen LogP contribution in [0.3, 0.4) is 0 Å². The Morgan fingerprint density at radius 3 is 1.84 bits per heavy atom. The number of hydrogen-bond donors (Lipinski definition) is 0. The molecule has 0 aromatic rings. The molecule has 1 atom stereocenters. The first-order valence-electron chi connectivity index (χ1n) is 8.68. The Hall–Kier alpha value is -0.0800. The molecule has 1 unspecified atom stereocenters. The SMILES string of the molecule is CC.CC.CCN1CCC(CC2CCN(C)CC2)C1. The zero-order chi connectivity index (χ0) is 14.7. The van der Waals surface area contributed by atoms with Crippen molar-refractivity contribution in [2.24, 2.45) is 11.8 Å². The molecule has 0 bridgehead atoms. The molecule has 0 aliphatic carbocycles. The van der Waals surface area contributed by atoms with Gasteiger partial charge in [-0.2, -0.15) is 0 Å². The van der Waals surface area contributed by atoms with Gasteiger partial charge in [-0.25, -0.2) is 0 Å². The third-order valence-corrected chi connectivity index (χ3v) is 4.32. The van der Waals surface area contributed by atoms with Gasteiger partial charge in [0.25, 0.3) is 0 Å². The lowest BCUT2D eigenvalue weighted by Crippen LogP contribution is -2.31. The second-order valence-electron chi connectivity index (χ2n) is 5.53. The van der Waals surface area contributed by atoms with Gasteiger partial charge in [0, 0.05) is 6.54 Å². The van der Waals surface area contributed by atoms with Crippen LogP contribution < -0.4 is 0 Å². The number of piperidine rings is 1.